The number of aromatic nitrogens is 2. The van der Waals surface area contributed by atoms with Gasteiger partial charge in [-0.1, -0.05) is 0 Å². The average molecular weight is 152 g/mol. The molecule has 0 saturated heterocycles. The fourth-order valence-electron chi connectivity index (χ4n) is 1.45. The van der Waals surface area contributed by atoms with E-state index in [1.54, 1.807) is 0 Å². The van der Waals surface area contributed by atoms with Crippen LogP contribution in [0.4, 0.5) is 0 Å². The van der Waals surface area contributed by atoms with Gasteiger partial charge in [-0.3, -0.25) is 4.68 Å². The van der Waals surface area contributed by atoms with Crippen molar-refractivity contribution in [1.82, 2.24) is 9.78 Å². The van der Waals surface area contributed by atoms with Crippen molar-refractivity contribution in [2.75, 3.05) is 6.61 Å². The first-order valence-electron chi connectivity index (χ1n) is 3.95. The van der Waals surface area contributed by atoms with Gasteiger partial charge in [0.15, 0.2) is 0 Å². The lowest BCUT2D eigenvalue weighted by Crippen LogP contribution is -1.94. The van der Waals surface area contributed by atoms with E-state index in [0.29, 0.717) is 6.61 Å². The van der Waals surface area contributed by atoms with Gasteiger partial charge in [-0.25, -0.2) is 0 Å². The van der Waals surface area contributed by atoms with E-state index in [1.165, 1.54) is 5.56 Å². The Morgan fingerprint density at radius 2 is 2.55 bits per heavy atom. The van der Waals surface area contributed by atoms with E-state index in [-0.39, 0.29) is 0 Å². The average Bonchev–Trinajstić information content (AvgIpc) is 2.17. The van der Waals surface area contributed by atoms with Crippen molar-refractivity contribution in [3.8, 4) is 0 Å². The molecule has 0 aromatic carbocycles. The minimum atomic E-state index is 0.691. The third kappa shape index (κ3) is 1.28. The second-order valence-electron chi connectivity index (χ2n) is 2.93. The van der Waals surface area contributed by atoms with Crippen LogP contribution < -0.4 is 0 Å². The smallest absolute Gasteiger partial charge is 0.0913 e. The summed E-state index contributed by atoms with van der Waals surface area (Å²) in [6.07, 6.45) is 4.33. The second-order valence-corrected chi connectivity index (χ2v) is 2.93. The van der Waals surface area contributed by atoms with E-state index in [0.717, 1.165) is 25.1 Å². The van der Waals surface area contributed by atoms with E-state index in [4.69, 9.17) is 4.74 Å². The van der Waals surface area contributed by atoms with Crippen LogP contribution in [-0.4, -0.2) is 16.4 Å². The van der Waals surface area contributed by atoms with Crippen LogP contribution in [0.1, 0.15) is 17.7 Å². The number of aryl methyl sites for hydroxylation is 2. The van der Waals surface area contributed by atoms with E-state index in [2.05, 4.69) is 11.3 Å². The molecule has 1 aromatic heterocycles. The molecule has 0 radical (unpaired) electrons. The lowest BCUT2D eigenvalue weighted by Gasteiger charge is -1.94. The lowest BCUT2D eigenvalue weighted by atomic mass is 10.2. The highest BCUT2D eigenvalue weighted by Gasteiger charge is 2.10. The van der Waals surface area contributed by atoms with Gasteiger partial charge in [-0.2, -0.15) is 5.10 Å². The van der Waals surface area contributed by atoms with Crippen molar-refractivity contribution in [2.45, 2.75) is 19.4 Å². The molecule has 0 spiro atoms. The Morgan fingerprint density at radius 3 is 3.45 bits per heavy atom. The molecule has 11 heavy (non-hydrogen) atoms. The molecule has 1 aliphatic heterocycles. The first-order valence-corrected chi connectivity index (χ1v) is 3.95. The standard InChI is InChI=1S/C8H12N2O/c1-10-5-7-3-2-4-11-6-8(7)9-10/h5H,2-4,6H2,1H3. The zero-order valence-electron chi connectivity index (χ0n) is 6.71. The molecule has 2 heterocycles. The highest BCUT2D eigenvalue weighted by atomic mass is 16.5. The van der Waals surface area contributed by atoms with Crippen molar-refractivity contribution in [2.24, 2.45) is 7.05 Å². The zero-order valence-corrected chi connectivity index (χ0v) is 6.71. The molecule has 0 unspecified atom stereocenters. The van der Waals surface area contributed by atoms with Crippen LogP contribution in [0.3, 0.4) is 0 Å². The molecule has 3 nitrogen and oxygen atoms in total. The zero-order chi connectivity index (χ0) is 7.68. The van der Waals surface area contributed by atoms with E-state index in [1.807, 2.05) is 11.7 Å². The van der Waals surface area contributed by atoms with Gasteiger partial charge >= 0.3 is 0 Å². The monoisotopic (exact) mass is 152 g/mol. The quantitative estimate of drug-likeness (QED) is 0.552. The summed E-state index contributed by atoms with van der Waals surface area (Å²) in [5.41, 5.74) is 2.47. The lowest BCUT2D eigenvalue weighted by molar-refractivity contribution is 0.122. The number of nitrogens with zero attached hydrogens (tertiary/aromatic N) is 2. The van der Waals surface area contributed by atoms with E-state index < -0.39 is 0 Å². The van der Waals surface area contributed by atoms with Crippen molar-refractivity contribution >= 4 is 0 Å². The number of hydrogen-bond donors (Lipinski definition) is 0. The van der Waals surface area contributed by atoms with Crippen LogP contribution in [0.15, 0.2) is 6.20 Å². The number of ether oxygens (including phenoxy) is 1. The van der Waals surface area contributed by atoms with E-state index in [9.17, 15) is 0 Å². The van der Waals surface area contributed by atoms with Gasteiger partial charge in [-0.15, -0.1) is 0 Å². The van der Waals surface area contributed by atoms with Crippen LogP contribution in [0.25, 0.3) is 0 Å². The summed E-state index contributed by atoms with van der Waals surface area (Å²) in [5, 5.41) is 4.30. The third-order valence-corrected chi connectivity index (χ3v) is 1.97. The number of fused-ring (bicyclic) bond motifs is 1. The van der Waals surface area contributed by atoms with Gasteiger partial charge < -0.3 is 4.74 Å². The van der Waals surface area contributed by atoms with Gasteiger partial charge in [0.2, 0.25) is 0 Å². The van der Waals surface area contributed by atoms with Crippen LogP contribution in [0, 0.1) is 0 Å². The van der Waals surface area contributed by atoms with Gasteiger partial charge in [0, 0.05) is 19.9 Å². The summed E-state index contributed by atoms with van der Waals surface area (Å²) < 4.78 is 7.22. The topological polar surface area (TPSA) is 27.1 Å². The summed E-state index contributed by atoms with van der Waals surface area (Å²) in [4.78, 5) is 0. The predicted octanol–water partition coefficient (Wildman–Crippen LogP) is 0.883. The van der Waals surface area contributed by atoms with Crippen molar-refractivity contribution in [1.29, 1.82) is 0 Å². The predicted molar refractivity (Wildman–Crippen MR) is 41.2 cm³/mol. The Kier molecular flexibility index (Phi) is 1.66. The first kappa shape index (κ1) is 6.85. The minimum absolute atomic E-state index is 0.691. The Bertz CT molecular complexity index is 231. The summed E-state index contributed by atoms with van der Waals surface area (Å²) >= 11 is 0. The van der Waals surface area contributed by atoms with Crippen LogP contribution in [0.2, 0.25) is 0 Å². The van der Waals surface area contributed by atoms with Gasteiger partial charge in [0.25, 0.3) is 0 Å². The number of hydrogen-bond acceptors (Lipinski definition) is 2. The summed E-state index contributed by atoms with van der Waals surface area (Å²) in [7, 11) is 1.95. The Labute approximate surface area is 66.0 Å². The maximum absolute atomic E-state index is 5.36. The second kappa shape index (κ2) is 2.66. The van der Waals surface area contributed by atoms with Crippen LogP contribution in [0.5, 0.6) is 0 Å². The largest absolute Gasteiger partial charge is 0.375 e. The highest BCUT2D eigenvalue weighted by molar-refractivity contribution is 5.17. The Balaban J connectivity index is 2.32. The fraction of sp³-hybridized carbons (Fsp3) is 0.625. The molecule has 0 N–H and O–H groups in total. The van der Waals surface area contributed by atoms with Crippen molar-refractivity contribution < 1.29 is 4.74 Å². The normalized spacial score (nSPS) is 17.5. The maximum atomic E-state index is 5.36. The molecule has 60 valence electrons. The Morgan fingerprint density at radius 1 is 1.64 bits per heavy atom. The van der Waals surface area contributed by atoms with Gasteiger partial charge in [-0.05, 0) is 18.4 Å². The van der Waals surface area contributed by atoms with Gasteiger partial charge in [0.1, 0.15) is 0 Å². The van der Waals surface area contributed by atoms with Crippen molar-refractivity contribution in [3.05, 3.63) is 17.5 Å². The van der Waals surface area contributed by atoms with Crippen molar-refractivity contribution in [3.63, 3.8) is 0 Å². The minimum Gasteiger partial charge on any atom is -0.375 e. The summed E-state index contributed by atoms with van der Waals surface area (Å²) in [6.45, 7) is 1.57. The van der Waals surface area contributed by atoms with Crippen LogP contribution in [-0.2, 0) is 24.8 Å². The number of rotatable bonds is 0. The molecule has 0 atom stereocenters. The fourth-order valence-corrected chi connectivity index (χ4v) is 1.45. The molecular weight excluding hydrogens is 140 g/mol. The molecule has 0 aliphatic carbocycles. The first-order chi connectivity index (χ1) is 5.36. The Hall–Kier alpha value is -0.830. The molecule has 3 heteroatoms. The summed E-state index contributed by atoms with van der Waals surface area (Å²) in [5.74, 6) is 0. The van der Waals surface area contributed by atoms with E-state index >= 15 is 0 Å². The van der Waals surface area contributed by atoms with Crippen LogP contribution >= 0.6 is 0 Å². The molecular formula is C8H12N2O. The highest BCUT2D eigenvalue weighted by Crippen LogP contribution is 2.13. The maximum Gasteiger partial charge on any atom is 0.0913 e. The molecule has 0 amide bonds. The summed E-state index contributed by atoms with van der Waals surface area (Å²) in [6, 6.07) is 0. The van der Waals surface area contributed by atoms with Gasteiger partial charge in [0.05, 0.1) is 12.3 Å². The SMILES string of the molecule is Cn1cc2c(n1)COCCC2. The molecule has 1 aromatic rings. The molecule has 2 rings (SSSR count). The molecule has 1 aliphatic rings. The molecule has 0 bridgehead atoms. The molecule has 0 fully saturated rings. The third-order valence-electron chi connectivity index (χ3n) is 1.97. The molecule has 0 saturated carbocycles.